The van der Waals surface area contributed by atoms with Crippen LogP contribution in [0, 0.1) is 12.8 Å². The van der Waals surface area contributed by atoms with Crippen LogP contribution in [0.4, 0.5) is 5.69 Å². The zero-order chi connectivity index (χ0) is 13.0. The van der Waals surface area contributed by atoms with Crippen LogP contribution >= 0.6 is 12.4 Å². The molecule has 0 spiro atoms. The topological polar surface area (TPSA) is 90.1 Å². The maximum Gasteiger partial charge on any atom is 0.241 e. The first-order valence-electron chi connectivity index (χ1n) is 6.09. The van der Waals surface area contributed by atoms with Gasteiger partial charge in [0.15, 0.2) is 0 Å². The zero-order valence-electron chi connectivity index (χ0n) is 10.8. The van der Waals surface area contributed by atoms with Gasteiger partial charge in [0.2, 0.25) is 5.91 Å². The second kappa shape index (κ2) is 7.37. The average molecular weight is 287 g/mol. The summed E-state index contributed by atoms with van der Waals surface area (Å²) >= 11 is 0. The van der Waals surface area contributed by atoms with E-state index in [1.54, 1.807) is 19.3 Å². The molecule has 1 aromatic heterocycles. The van der Waals surface area contributed by atoms with Gasteiger partial charge in [-0.05, 0) is 25.7 Å². The number of anilines is 1. The quantitative estimate of drug-likeness (QED) is 0.861. The van der Waals surface area contributed by atoms with Crippen molar-refractivity contribution in [2.24, 2.45) is 11.7 Å². The van der Waals surface area contributed by atoms with E-state index in [9.17, 15) is 4.79 Å². The number of aromatic nitrogens is 2. The van der Waals surface area contributed by atoms with Crippen LogP contribution in [0.15, 0.2) is 12.4 Å². The summed E-state index contributed by atoms with van der Waals surface area (Å²) in [5, 5.41) is 2.74. The molecule has 2 rings (SSSR count). The molecule has 1 atom stereocenters. The molecule has 0 aromatic carbocycles. The number of hydrogen-bond acceptors (Lipinski definition) is 5. The highest BCUT2D eigenvalue weighted by atomic mass is 35.5. The van der Waals surface area contributed by atoms with Crippen molar-refractivity contribution >= 4 is 24.0 Å². The summed E-state index contributed by atoms with van der Waals surface area (Å²) in [7, 11) is 0. The number of hydrogen-bond donors (Lipinski definition) is 2. The predicted molar refractivity (Wildman–Crippen MR) is 74.2 cm³/mol. The fourth-order valence-corrected chi connectivity index (χ4v) is 1.97. The molecule has 0 bridgehead atoms. The van der Waals surface area contributed by atoms with E-state index in [0.717, 1.165) is 12.8 Å². The van der Waals surface area contributed by atoms with Crippen molar-refractivity contribution in [2.45, 2.75) is 25.8 Å². The lowest BCUT2D eigenvalue weighted by Gasteiger charge is -2.26. The van der Waals surface area contributed by atoms with Crippen molar-refractivity contribution in [1.82, 2.24) is 9.97 Å². The lowest BCUT2D eigenvalue weighted by molar-refractivity contribution is -0.119. The monoisotopic (exact) mass is 286 g/mol. The Morgan fingerprint density at radius 1 is 1.42 bits per heavy atom. The number of rotatable bonds is 3. The molecule has 1 unspecified atom stereocenters. The third-order valence-electron chi connectivity index (χ3n) is 3.13. The molecule has 6 nitrogen and oxygen atoms in total. The highest BCUT2D eigenvalue weighted by Gasteiger charge is 2.26. The van der Waals surface area contributed by atoms with Crippen molar-refractivity contribution in [3.05, 3.63) is 18.2 Å². The Balaban J connectivity index is 0.00000180. The van der Waals surface area contributed by atoms with E-state index in [-0.39, 0.29) is 24.2 Å². The summed E-state index contributed by atoms with van der Waals surface area (Å²) in [4.78, 5) is 20.0. The van der Waals surface area contributed by atoms with Gasteiger partial charge in [0.1, 0.15) is 5.82 Å². The first-order chi connectivity index (χ1) is 8.66. The molecule has 1 saturated heterocycles. The molecule has 1 aliphatic rings. The number of halogens is 1. The lowest BCUT2D eigenvalue weighted by Crippen LogP contribution is -2.44. The molecule has 0 aliphatic carbocycles. The van der Waals surface area contributed by atoms with Crippen LogP contribution < -0.4 is 11.1 Å². The maximum atomic E-state index is 12.0. The van der Waals surface area contributed by atoms with Gasteiger partial charge in [0, 0.05) is 13.2 Å². The molecule has 1 aromatic rings. The number of nitrogens with two attached hydrogens (primary N) is 1. The number of aryl methyl sites for hydroxylation is 1. The van der Waals surface area contributed by atoms with E-state index < -0.39 is 6.04 Å². The standard InChI is InChI=1S/C12H18N4O2.ClH/c1-8-14-6-10(7-15-8)16-12(17)11(13)9-2-4-18-5-3-9;/h6-7,9,11H,2-5,13H2,1H3,(H,16,17);1H. The maximum absolute atomic E-state index is 12.0. The van der Waals surface area contributed by atoms with Gasteiger partial charge in [-0.1, -0.05) is 0 Å². The van der Waals surface area contributed by atoms with Crippen molar-refractivity contribution in [3.8, 4) is 0 Å². The van der Waals surface area contributed by atoms with E-state index in [1.807, 2.05) is 0 Å². The molecule has 2 heterocycles. The second-order valence-electron chi connectivity index (χ2n) is 4.48. The molecule has 19 heavy (non-hydrogen) atoms. The fourth-order valence-electron chi connectivity index (χ4n) is 1.97. The van der Waals surface area contributed by atoms with Crippen LogP contribution in [-0.2, 0) is 9.53 Å². The summed E-state index contributed by atoms with van der Waals surface area (Å²) in [5.41, 5.74) is 6.54. The molecule has 0 radical (unpaired) electrons. The molecule has 7 heteroatoms. The number of amides is 1. The highest BCUT2D eigenvalue weighted by molar-refractivity contribution is 5.94. The molecule has 1 fully saturated rings. The minimum atomic E-state index is -0.504. The molecular formula is C12H19ClN4O2. The molecule has 3 N–H and O–H groups in total. The van der Waals surface area contributed by atoms with Gasteiger partial charge >= 0.3 is 0 Å². The number of nitrogens with one attached hydrogen (secondary N) is 1. The zero-order valence-corrected chi connectivity index (χ0v) is 11.7. The van der Waals surface area contributed by atoms with Crippen molar-refractivity contribution < 1.29 is 9.53 Å². The number of nitrogens with zero attached hydrogens (tertiary/aromatic N) is 2. The SMILES string of the molecule is Cc1ncc(NC(=O)C(N)C2CCOCC2)cn1.Cl. The van der Waals surface area contributed by atoms with Crippen LogP contribution in [0.3, 0.4) is 0 Å². The number of ether oxygens (including phenoxy) is 1. The predicted octanol–water partition coefficient (Wildman–Crippen LogP) is 0.899. The van der Waals surface area contributed by atoms with Crippen LogP contribution in [-0.4, -0.2) is 35.1 Å². The van der Waals surface area contributed by atoms with E-state index >= 15 is 0 Å². The summed E-state index contributed by atoms with van der Waals surface area (Å²) < 4.78 is 5.25. The second-order valence-corrected chi connectivity index (χ2v) is 4.48. The minimum Gasteiger partial charge on any atom is -0.381 e. The van der Waals surface area contributed by atoms with Gasteiger partial charge in [-0.3, -0.25) is 4.79 Å². The third-order valence-corrected chi connectivity index (χ3v) is 3.13. The Kier molecular flexibility index (Phi) is 6.14. The van der Waals surface area contributed by atoms with Crippen LogP contribution in [0.25, 0.3) is 0 Å². The first kappa shape index (κ1) is 15.8. The average Bonchev–Trinajstić information content (AvgIpc) is 2.41. The Bertz CT molecular complexity index is 407. The fraction of sp³-hybridized carbons (Fsp3) is 0.583. The molecular weight excluding hydrogens is 268 g/mol. The van der Waals surface area contributed by atoms with E-state index in [2.05, 4.69) is 15.3 Å². The third kappa shape index (κ3) is 4.41. The summed E-state index contributed by atoms with van der Waals surface area (Å²) in [6.07, 6.45) is 4.83. The van der Waals surface area contributed by atoms with Gasteiger partial charge in [-0.2, -0.15) is 0 Å². The van der Waals surface area contributed by atoms with Gasteiger partial charge in [0.25, 0.3) is 0 Å². The number of carbonyl (C=O) groups is 1. The van der Waals surface area contributed by atoms with Crippen molar-refractivity contribution in [3.63, 3.8) is 0 Å². The number of carbonyl (C=O) groups excluding carboxylic acids is 1. The van der Waals surface area contributed by atoms with Crippen molar-refractivity contribution in [2.75, 3.05) is 18.5 Å². The Morgan fingerprint density at radius 2 is 2.00 bits per heavy atom. The van der Waals surface area contributed by atoms with Crippen LogP contribution in [0.1, 0.15) is 18.7 Å². The van der Waals surface area contributed by atoms with Gasteiger partial charge < -0.3 is 15.8 Å². The minimum absolute atomic E-state index is 0. The van der Waals surface area contributed by atoms with Gasteiger partial charge in [-0.15, -0.1) is 12.4 Å². The van der Waals surface area contributed by atoms with Crippen molar-refractivity contribution in [1.29, 1.82) is 0 Å². The van der Waals surface area contributed by atoms with Crippen LogP contribution in [0.2, 0.25) is 0 Å². The molecule has 1 aliphatic heterocycles. The van der Waals surface area contributed by atoms with Gasteiger partial charge in [0.05, 0.1) is 24.1 Å². The Labute approximate surface area is 118 Å². The Morgan fingerprint density at radius 3 is 2.58 bits per heavy atom. The summed E-state index contributed by atoms with van der Waals surface area (Å²) in [6.45, 7) is 3.15. The van der Waals surface area contributed by atoms with Crippen LogP contribution in [0.5, 0.6) is 0 Å². The normalized spacial score (nSPS) is 17.4. The molecule has 0 saturated carbocycles. The Hall–Kier alpha value is -1.24. The molecule has 1 amide bonds. The van der Waals surface area contributed by atoms with Gasteiger partial charge in [-0.25, -0.2) is 9.97 Å². The van der Waals surface area contributed by atoms with E-state index in [1.165, 1.54) is 0 Å². The summed E-state index contributed by atoms with van der Waals surface area (Å²) in [5.74, 6) is 0.668. The molecule has 106 valence electrons. The van der Waals surface area contributed by atoms with E-state index in [0.29, 0.717) is 24.7 Å². The smallest absolute Gasteiger partial charge is 0.241 e. The van der Waals surface area contributed by atoms with E-state index in [4.69, 9.17) is 10.5 Å². The highest BCUT2D eigenvalue weighted by Crippen LogP contribution is 2.18. The largest absolute Gasteiger partial charge is 0.381 e. The summed E-state index contributed by atoms with van der Waals surface area (Å²) in [6, 6.07) is -0.504. The first-order valence-corrected chi connectivity index (χ1v) is 6.09. The lowest BCUT2D eigenvalue weighted by atomic mass is 9.92.